The molecule has 25 heavy (non-hydrogen) atoms. The first-order chi connectivity index (χ1) is 12.3. The van der Waals surface area contributed by atoms with E-state index in [9.17, 15) is 4.79 Å². The van der Waals surface area contributed by atoms with E-state index in [0.717, 1.165) is 17.9 Å². The lowest BCUT2D eigenvalue weighted by Crippen LogP contribution is -2.34. The number of aromatic nitrogens is 3. The molecule has 0 saturated carbocycles. The van der Waals surface area contributed by atoms with Crippen LogP contribution >= 0.6 is 0 Å². The first-order valence-corrected chi connectivity index (χ1v) is 8.23. The Morgan fingerprint density at radius 2 is 2.00 bits per heavy atom. The fourth-order valence-corrected chi connectivity index (χ4v) is 3.00. The van der Waals surface area contributed by atoms with Crippen molar-refractivity contribution in [3.05, 3.63) is 72.3 Å². The van der Waals surface area contributed by atoms with Crippen LogP contribution in [0.4, 0.5) is 0 Å². The third-order valence-corrected chi connectivity index (χ3v) is 4.33. The zero-order chi connectivity index (χ0) is 17.1. The molecular formula is C19H18N4O2. The number of para-hydroxylation sites is 1. The van der Waals surface area contributed by atoms with E-state index in [1.807, 2.05) is 36.4 Å². The van der Waals surface area contributed by atoms with Gasteiger partial charge >= 0.3 is 0 Å². The fraction of sp³-hybridized carbons (Fsp3) is 0.211. The van der Waals surface area contributed by atoms with Crippen molar-refractivity contribution in [2.45, 2.75) is 6.42 Å². The predicted octanol–water partition coefficient (Wildman–Crippen LogP) is 2.25. The van der Waals surface area contributed by atoms with Gasteiger partial charge in [0.15, 0.2) is 0 Å². The molecule has 0 fully saturated rings. The Labute approximate surface area is 145 Å². The van der Waals surface area contributed by atoms with Gasteiger partial charge in [0.2, 0.25) is 0 Å². The fourth-order valence-electron chi connectivity index (χ4n) is 3.00. The van der Waals surface area contributed by atoms with Gasteiger partial charge in [-0.25, -0.2) is 0 Å². The van der Waals surface area contributed by atoms with Gasteiger partial charge in [-0.05, 0) is 36.2 Å². The van der Waals surface area contributed by atoms with Crippen LogP contribution in [0.3, 0.4) is 0 Å². The molecule has 6 heteroatoms. The number of hydrogen-bond donors (Lipinski definition) is 1. The third-order valence-electron chi connectivity index (χ3n) is 4.33. The van der Waals surface area contributed by atoms with Gasteiger partial charge in [0.1, 0.15) is 18.4 Å². The van der Waals surface area contributed by atoms with Gasteiger partial charge in [-0.2, -0.15) is 0 Å². The number of benzene rings is 2. The highest BCUT2D eigenvalue weighted by molar-refractivity contribution is 5.94. The molecule has 1 N–H and O–H groups in total. The van der Waals surface area contributed by atoms with E-state index in [1.165, 1.54) is 5.56 Å². The van der Waals surface area contributed by atoms with Crippen molar-refractivity contribution < 1.29 is 9.53 Å². The van der Waals surface area contributed by atoms with Crippen LogP contribution in [0.5, 0.6) is 5.75 Å². The van der Waals surface area contributed by atoms with Crippen molar-refractivity contribution in [1.29, 1.82) is 0 Å². The van der Waals surface area contributed by atoms with Gasteiger partial charge in [-0.1, -0.05) is 24.3 Å². The summed E-state index contributed by atoms with van der Waals surface area (Å²) in [5, 5.41) is 10.6. The Bertz CT molecular complexity index is 877. The smallest absolute Gasteiger partial charge is 0.251 e. The number of amides is 1. The maximum atomic E-state index is 12.5. The summed E-state index contributed by atoms with van der Waals surface area (Å²) in [6.07, 6.45) is 4.12. The number of nitrogens with one attached hydrogen (secondary N) is 1. The van der Waals surface area contributed by atoms with E-state index in [-0.39, 0.29) is 11.8 Å². The molecule has 2 aromatic carbocycles. The number of hydrogen-bond acceptors (Lipinski definition) is 4. The van der Waals surface area contributed by atoms with Gasteiger partial charge in [-0.3, -0.25) is 9.36 Å². The monoisotopic (exact) mass is 334 g/mol. The molecule has 1 unspecified atom stereocenters. The second kappa shape index (κ2) is 6.76. The maximum absolute atomic E-state index is 12.5. The molecule has 126 valence electrons. The summed E-state index contributed by atoms with van der Waals surface area (Å²) in [6, 6.07) is 15.4. The number of rotatable bonds is 4. The van der Waals surface area contributed by atoms with Crippen LogP contribution in [0.15, 0.2) is 61.2 Å². The van der Waals surface area contributed by atoms with Crippen LogP contribution in [0.2, 0.25) is 0 Å². The van der Waals surface area contributed by atoms with Crippen molar-refractivity contribution in [3.8, 4) is 11.4 Å². The first kappa shape index (κ1) is 15.4. The Morgan fingerprint density at radius 3 is 2.88 bits per heavy atom. The van der Waals surface area contributed by atoms with Crippen LogP contribution < -0.4 is 10.1 Å². The molecule has 1 amide bonds. The minimum atomic E-state index is -0.0891. The lowest BCUT2D eigenvalue weighted by molar-refractivity contribution is 0.0939. The van der Waals surface area contributed by atoms with Crippen LogP contribution in [0.25, 0.3) is 5.69 Å². The lowest BCUT2D eigenvalue weighted by atomic mass is 9.96. The van der Waals surface area contributed by atoms with Gasteiger partial charge in [0.25, 0.3) is 5.91 Å². The molecule has 1 aliphatic heterocycles. The number of carbonyl (C=O) groups is 1. The zero-order valence-electron chi connectivity index (χ0n) is 13.6. The number of nitrogens with zero attached hydrogens (tertiary/aromatic N) is 3. The van der Waals surface area contributed by atoms with E-state index < -0.39 is 0 Å². The zero-order valence-corrected chi connectivity index (χ0v) is 13.6. The van der Waals surface area contributed by atoms with E-state index in [1.54, 1.807) is 23.3 Å². The van der Waals surface area contributed by atoms with Crippen LogP contribution in [0, 0.1) is 5.92 Å². The lowest BCUT2D eigenvalue weighted by Gasteiger charge is -2.25. The number of ether oxygens (including phenoxy) is 1. The van der Waals surface area contributed by atoms with E-state index in [2.05, 4.69) is 21.6 Å². The molecule has 3 aromatic rings. The Hall–Kier alpha value is -3.15. The average molecular weight is 334 g/mol. The molecule has 0 radical (unpaired) electrons. The molecule has 4 rings (SSSR count). The van der Waals surface area contributed by atoms with Crippen molar-refractivity contribution >= 4 is 5.91 Å². The standard InChI is InChI=1S/C19H18N4O2/c24-19(16-5-3-6-17(9-16)23-12-21-22-13-23)20-10-14-8-15-4-1-2-7-18(15)25-11-14/h1-7,9,12-14H,8,10-11H2,(H,20,24). The quantitative estimate of drug-likeness (QED) is 0.794. The topological polar surface area (TPSA) is 69.0 Å². The molecule has 6 nitrogen and oxygen atoms in total. The molecule has 0 spiro atoms. The Kier molecular flexibility index (Phi) is 4.16. The summed E-state index contributed by atoms with van der Waals surface area (Å²) in [5.41, 5.74) is 2.67. The molecular weight excluding hydrogens is 316 g/mol. The molecule has 0 bridgehead atoms. The van der Waals surface area contributed by atoms with Gasteiger partial charge in [0.05, 0.1) is 6.61 Å². The maximum Gasteiger partial charge on any atom is 0.251 e. The van der Waals surface area contributed by atoms with Gasteiger partial charge in [0, 0.05) is 23.7 Å². The number of carbonyl (C=O) groups excluding carboxylic acids is 1. The van der Waals surface area contributed by atoms with Crippen LogP contribution in [-0.4, -0.2) is 33.8 Å². The minimum absolute atomic E-state index is 0.0891. The van der Waals surface area contributed by atoms with Crippen molar-refractivity contribution in [2.24, 2.45) is 5.92 Å². The summed E-state index contributed by atoms with van der Waals surface area (Å²) in [6.45, 7) is 1.21. The van der Waals surface area contributed by atoms with Gasteiger partial charge in [-0.15, -0.1) is 10.2 Å². The summed E-state index contributed by atoms with van der Waals surface area (Å²) >= 11 is 0. The third kappa shape index (κ3) is 3.38. The summed E-state index contributed by atoms with van der Waals surface area (Å²) in [4.78, 5) is 12.5. The van der Waals surface area contributed by atoms with Crippen molar-refractivity contribution in [2.75, 3.05) is 13.2 Å². The largest absolute Gasteiger partial charge is 0.493 e. The normalized spacial score (nSPS) is 15.9. The molecule has 1 aliphatic rings. The number of fused-ring (bicyclic) bond motifs is 1. The molecule has 0 saturated heterocycles. The molecule has 0 aliphatic carbocycles. The van der Waals surface area contributed by atoms with E-state index >= 15 is 0 Å². The molecule has 1 atom stereocenters. The van der Waals surface area contributed by atoms with Crippen LogP contribution in [-0.2, 0) is 6.42 Å². The van der Waals surface area contributed by atoms with Crippen molar-refractivity contribution in [3.63, 3.8) is 0 Å². The second-order valence-electron chi connectivity index (χ2n) is 6.12. The first-order valence-electron chi connectivity index (χ1n) is 8.23. The highest BCUT2D eigenvalue weighted by Crippen LogP contribution is 2.26. The highest BCUT2D eigenvalue weighted by Gasteiger charge is 2.20. The Balaban J connectivity index is 1.39. The minimum Gasteiger partial charge on any atom is -0.493 e. The predicted molar refractivity (Wildman–Crippen MR) is 92.8 cm³/mol. The average Bonchev–Trinajstić information content (AvgIpc) is 3.21. The molecule has 1 aromatic heterocycles. The highest BCUT2D eigenvalue weighted by atomic mass is 16.5. The SMILES string of the molecule is O=C(NCC1COc2ccccc2C1)c1cccc(-n2cnnc2)c1. The summed E-state index contributed by atoms with van der Waals surface area (Å²) < 4.78 is 7.54. The Morgan fingerprint density at radius 1 is 1.16 bits per heavy atom. The van der Waals surface area contributed by atoms with E-state index in [4.69, 9.17) is 4.74 Å². The van der Waals surface area contributed by atoms with Crippen molar-refractivity contribution in [1.82, 2.24) is 20.1 Å². The summed E-state index contributed by atoms with van der Waals surface area (Å²) in [7, 11) is 0. The summed E-state index contributed by atoms with van der Waals surface area (Å²) in [5.74, 6) is 1.14. The molecule has 2 heterocycles. The van der Waals surface area contributed by atoms with E-state index in [0.29, 0.717) is 18.7 Å². The van der Waals surface area contributed by atoms with Crippen LogP contribution in [0.1, 0.15) is 15.9 Å². The second-order valence-corrected chi connectivity index (χ2v) is 6.12. The van der Waals surface area contributed by atoms with Gasteiger partial charge < -0.3 is 10.1 Å².